The average molecular weight is 565 g/mol. The Labute approximate surface area is 233 Å². The fourth-order valence-electron chi connectivity index (χ4n) is 5.29. The second kappa shape index (κ2) is 10.7. The lowest BCUT2D eigenvalue weighted by Crippen LogP contribution is -2.45. The number of hydrogen-bond donors (Lipinski definition) is 2. The van der Waals surface area contributed by atoms with Gasteiger partial charge in [-0.3, -0.25) is 4.79 Å². The van der Waals surface area contributed by atoms with E-state index in [1.54, 1.807) is 42.5 Å². The Hall–Kier alpha value is -3.46. The zero-order chi connectivity index (χ0) is 27.0. The van der Waals surface area contributed by atoms with Crippen molar-refractivity contribution < 1.29 is 19.5 Å². The van der Waals surface area contributed by atoms with Crippen LogP contribution in [0.4, 0.5) is 10.5 Å². The summed E-state index contributed by atoms with van der Waals surface area (Å²) in [5, 5.41) is 17.7. The van der Waals surface area contributed by atoms with Gasteiger partial charge in [0.25, 0.3) is 0 Å². The summed E-state index contributed by atoms with van der Waals surface area (Å²) in [6.45, 7) is 3.83. The molecule has 3 heterocycles. The standard InChI is InChI=1S/C29H25ClN2O4S2/c1-16-5-3-6-20(15-16)31-29(36)32-24(27-17(2)12-14-38-27)23(26(33)21-7-4-13-37-21)22(25(32)28(34)35)18-8-10-19(30)11-9-18/h3-15,22-25H,1-2H3,(H,31,36)(H,34,35). The number of thiophene rings is 2. The number of carbonyl (C=O) groups is 3. The van der Waals surface area contributed by atoms with Gasteiger partial charge in [0.15, 0.2) is 5.78 Å². The predicted molar refractivity (Wildman–Crippen MR) is 152 cm³/mol. The molecule has 2 aromatic heterocycles. The fourth-order valence-corrected chi connectivity index (χ4v) is 7.20. The number of nitrogens with zero attached hydrogens (tertiary/aromatic N) is 1. The summed E-state index contributed by atoms with van der Waals surface area (Å²) in [5.41, 5.74) is 3.05. The molecule has 4 aromatic rings. The molecule has 1 aliphatic rings. The molecular formula is C29H25ClN2O4S2. The normalized spacial score (nSPS) is 20.9. The third-order valence-corrected chi connectivity index (χ3v) is 9.14. The third-order valence-electron chi connectivity index (χ3n) is 6.92. The first-order valence-corrected chi connectivity index (χ1v) is 14.2. The Balaban J connectivity index is 1.71. The lowest BCUT2D eigenvalue weighted by molar-refractivity contribution is -0.142. The minimum absolute atomic E-state index is 0.185. The lowest BCUT2D eigenvalue weighted by Gasteiger charge is -2.30. The van der Waals surface area contributed by atoms with Crippen LogP contribution in [-0.2, 0) is 4.79 Å². The lowest BCUT2D eigenvalue weighted by atomic mass is 9.78. The Morgan fingerprint density at radius 3 is 2.32 bits per heavy atom. The van der Waals surface area contributed by atoms with Gasteiger partial charge in [-0.25, -0.2) is 9.59 Å². The molecule has 4 atom stereocenters. The Bertz CT molecular complexity index is 1480. The molecule has 38 heavy (non-hydrogen) atoms. The van der Waals surface area contributed by atoms with E-state index >= 15 is 0 Å². The summed E-state index contributed by atoms with van der Waals surface area (Å²) >= 11 is 8.89. The van der Waals surface area contributed by atoms with Crippen molar-refractivity contribution in [2.24, 2.45) is 5.92 Å². The highest BCUT2D eigenvalue weighted by atomic mass is 35.5. The predicted octanol–water partition coefficient (Wildman–Crippen LogP) is 7.40. The number of carbonyl (C=O) groups excluding carboxylic acids is 2. The molecule has 0 radical (unpaired) electrons. The number of hydrogen-bond acceptors (Lipinski definition) is 5. The van der Waals surface area contributed by atoms with E-state index in [-0.39, 0.29) is 5.78 Å². The van der Waals surface area contributed by atoms with Crippen LogP contribution in [0.15, 0.2) is 77.5 Å². The maximum atomic E-state index is 14.2. The van der Waals surface area contributed by atoms with Crippen molar-refractivity contribution in [1.82, 2.24) is 4.90 Å². The molecule has 1 fully saturated rings. The van der Waals surface area contributed by atoms with E-state index in [1.807, 2.05) is 48.9 Å². The van der Waals surface area contributed by atoms with E-state index in [0.717, 1.165) is 16.0 Å². The number of nitrogens with one attached hydrogen (secondary N) is 1. The molecular weight excluding hydrogens is 540 g/mol. The Morgan fingerprint density at radius 2 is 1.71 bits per heavy atom. The van der Waals surface area contributed by atoms with Crippen LogP contribution in [0.1, 0.15) is 43.2 Å². The molecule has 4 unspecified atom stereocenters. The minimum atomic E-state index is -1.29. The van der Waals surface area contributed by atoms with Gasteiger partial charge in [0, 0.05) is 21.5 Å². The molecule has 6 nitrogen and oxygen atoms in total. The number of aryl methyl sites for hydroxylation is 2. The van der Waals surface area contributed by atoms with Crippen molar-refractivity contribution in [3.63, 3.8) is 0 Å². The monoisotopic (exact) mass is 564 g/mol. The molecule has 194 valence electrons. The first kappa shape index (κ1) is 26.2. The molecule has 0 bridgehead atoms. The molecule has 2 N–H and O–H groups in total. The highest BCUT2D eigenvalue weighted by molar-refractivity contribution is 7.12. The first-order valence-electron chi connectivity index (χ1n) is 12.0. The molecule has 0 saturated carbocycles. The SMILES string of the molecule is Cc1cccc(NC(=O)N2C(C(=O)O)C(c3ccc(Cl)cc3)C(C(=O)c3cccs3)C2c2sccc2C)c1. The molecule has 2 amide bonds. The Kier molecular flexibility index (Phi) is 7.38. The van der Waals surface area contributed by atoms with Crippen molar-refractivity contribution in [3.05, 3.63) is 109 Å². The second-order valence-corrected chi connectivity index (χ2v) is 11.7. The molecule has 5 rings (SSSR count). The molecule has 1 aliphatic heterocycles. The van der Waals surface area contributed by atoms with Crippen LogP contribution in [0.2, 0.25) is 5.02 Å². The molecule has 9 heteroatoms. The number of benzene rings is 2. The number of urea groups is 1. The van der Waals surface area contributed by atoms with Gasteiger partial charge in [0.1, 0.15) is 6.04 Å². The third kappa shape index (κ3) is 4.87. The molecule has 0 aliphatic carbocycles. The molecule has 2 aromatic carbocycles. The zero-order valence-corrected chi connectivity index (χ0v) is 23.0. The van der Waals surface area contributed by atoms with Crippen LogP contribution in [0.3, 0.4) is 0 Å². The second-order valence-electron chi connectivity index (χ2n) is 9.35. The highest BCUT2D eigenvalue weighted by Gasteiger charge is 2.58. The smallest absolute Gasteiger partial charge is 0.327 e. The highest BCUT2D eigenvalue weighted by Crippen LogP contribution is 2.53. The number of carboxylic acid groups (broad SMARTS) is 1. The first-order chi connectivity index (χ1) is 18.3. The summed E-state index contributed by atoms with van der Waals surface area (Å²) in [4.78, 5) is 43.8. The van der Waals surface area contributed by atoms with E-state index in [4.69, 9.17) is 11.6 Å². The maximum absolute atomic E-state index is 14.2. The van der Waals surface area contributed by atoms with Gasteiger partial charge in [-0.05, 0) is 77.7 Å². The van der Waals surface area contributed by atoms with Crippen LogP contribution < -0.4 is 5.32 Å². The van der Waals surface area contributed by atoms with E-state index < -0.39 is 35.9 Å². The molecule has 1 saturated heterocycles. The van der Waals surface area contributed by atoms with Crippen LogP contribution in [0.25, 0.3) is 0 Å². The number of aliphatic carboxylic acids is 1. The Morgan fingerprint density at radius 1 is 0.947 bits per heavy atom. The number of amides is 2. The number of likely N-dealkylation sites (tertiary alicyclic amines) is 1. The van der Waals surface area contributed by atoms with Gasteiger partial charge in [-0.1, -0.05) is 41.9 Å². The van der Waals surface area contributed by atoms with Crippen molar-refractivity contribution in [2.75, 3.05) is 5.32 Å². The van der Waals surface area contributed by atoms with E-state index in [1.165, 1.54) is 27.6 Å². The summed E-state index contributed by atoms with van der Waals surface area (Å²) in [6, 6.07) is 17.0. The molecule has 0 spiro atoms. The summed E-state index contributed by atoms with van der Waals surface area (Å²) < 4.78 is 0. The van der Waals surface area contributed by atoms with Crippen LogP contribution in [0.5, 0.6) is 0 Å². The van der Waals surface area contributed by atoms with Gasteiger partial charge < -0.3 is 15.3 Å². The van der Waals surface area contributed by atoms with Crippen LogP contribution in [-0.4, -0.2) is 33.8 Å². The number of halogens is 1. The van der Waals surface area contributed by atoms with Crippen molar-refractivity contribution in [1.29, 1.82) is 0 Å². The van der Waals surface area contributed by atoms with E-state index in [0.29, 0.717) is 21.2 Å². The quantitative estimate of drug-likeness (QED) is 0.239. The van der Waals surface area contributed by atoms with Crippen LogP contribution >= 0.6 is 34.3 Å². The van der Waals surface area contributed by atoms with Gasteiger partial charge in [-0.15, -0.1) is 22.7 Å². The van der Waals surface area contributed by atoms with Crippen LogP contribution in [0, 0.1) is 19.8 Å². The van der Waals surface area contributed by atoms with Gasteiger partial charge in [0.05, 0.1) is 16.8 Å². The summed E-state index contributed by atoms with van der Waals surface area (Å²) in [5.74, 6) is -2.98. The topological polar surface area (TPSA) is 86.7 Å². The zero-order valence-electron chi connectivity index (χ0n) is 20.6. The number of rotatable bonds is 6. The maximum Gasteiger partial charge on any atom is 0.327 e. The van der Waals surface area contributed by atoms with Gasteiger partial charge in [-0.2, -0.15) is 0 Å². The summed E-state index contributed by atoms with van der Waals surface area (Å²) in [7, 11) is 0. The number of ketones is 1. The van der Waals surface area contributed by atoms with Gasteiger partial charge >= 0.3 is 12.0 Å². The summed E-state index contributed by atoms with van der Waals surface area (Å²) in [6.07, 6.45) is 0. The van der Waals surface area contributed by atoms with Crippen molar-refractivity contribution in [3.8, 4) is 0 Å². The number of anilines is 1. The van der Waals surface area contributed by atoms with Crippen molar-refractivity contribution >= 4 is 57.7 Å². The minimum Gasteiger partial charge on any atom is -0.480 e. The van der Waals surface area contributed by atoms with E-state index in [2.05, 4.69) is 5.32 Å². The number of carboxylic acids is 1. The van der Waals surface area contributed by atoms with Gasteiger partial charge in [0.2, 0.25) is 0 Å². The average Bonchev–Trinajstić information content (AvgIpc) is 3.63. The van der Waals surface area contributed by atoms with E-state index in [9.17, 15) is 19.5 Å². The fraction of sp³-hybridized carbons (Fsp3) is 0.207. The van der Waals surface area contributed by atoms with Crippen molar-refractivity contribution in [2.45, 2.75) is 31.8 Å². The number of Topliss-reactive ketones (excluding diaryl/α,β-unsaturated/α-hetero) is 1. The largest absolute Gasteiger partial charge is 0.480 e.